The highest BCUT2D eigenvalue weighted by molar-refractivity contribution is 5.22. The fourth-order valence-corrected chi connectivity index (χ4v) is 2.45. The van der Waals surface area contributed by atoms with E-state index in [1.54, 1.807) is 12.1 Å². The van der Waals surface area contributed by atoms with E-state index in [2.05, 4.69) is 5.16 Å². The van der Waals surface area contributed by atoms with Gasteiger partial charge in [0.15, 0.2) is 5.82 Å². The summed E-state index contributed by atoms with van der Waals surface area (Å²) in [5.74, 6) is -0.264. The van der Waals surface area contributed by atoms with Crippen molar-refractivity contribution in [2.75, 3.05) is 0 Å². The molecule has 0 fully saturated rings. The van der Waals surface area contributed by atoms with E-state index in [4.69, 9.17) is 4.52 Å². The first-order valence-corrected chi connectivity index (χ1v) is 7.01. The van der Waals surface area contributed by atoms with Crippen LogP contribution in [0.25, 0.3) is 0 Å². The lowest BCUT2D eigenvalue weighted by molar-refractivity contribution is 0.371. The summed E-state index contributed by atoms with van der Waals surface area (Å²) in [5.41, 5.74) is 1.86. The van der Waals surface area contributed by atoms with E-state index in [-0.39, 0.29) is 11.9 Å². The molecular weight excluding hydrogens is 283 g/mol. The summed E-state index contributed by atoms with van der Waals surface area (Å²) in [6.07, 6.45) is 0.406. The normalized spacial score (nSPS) is 12.3. The zero-order chi connectivity index (χ0) is 15.5. The predicted molar refractivity (Wildman–Crippen MR) is 80.2 cm³/mol. The van der Waals surface area contributed by atoms with E-state index in [1.165, 1.54) is 16.7 Å². The maximum atomic E-state index is 13.0. The van der Waals surface area contributed by atoms with Gasteiger partial charge in [0.05, 0.1) is 6.04 Å². The van der Waals surface area contributed by atoms with Crippen molar-refractivity contribution >= 4 is 0 Å². The zero-order valence-corrected chi connectivity index (χ0v) is 12.1. The molecule has 0 aliphatic rings. The van der Waals surface area contributed by atoms with Crippen molar-refractivity contribution in [1.29, 1.82) is 0 Å². The summed E-state index contributed by atoms with van der Waals surface area (Å²) >= 11 is 0. The molecule has 4 nitrogen and oxygen atoms in total. The fourth-order valence-electron chi connectivity index (χ4n) is 2.45. The lowest BCUT2D eigenvalue weighted by Gasteiger charge is -2.14. The first-order chi connectivity index (χ1) is 10.6. The average molecular weight is 298 g/mol. The lowest BCUT2D eigenvalue weighted by atomic mass is 10.1. The molecule has 0 aliphatic carbocycles. The predicted octanol–water partition coefficient (Wildman–Crippen LogP) is 3.18. The highest BCUT2D eigenvalue weighted by Gasteiger charge is 2.18. The molecule has 1 unspecified atom stereocenters. The number of nitrogens with zero attached hydrogens (tertiary/aromatic N) is 2. The summed E-state index contributed by atoms with van der Waals surface area (Å²) in [6.45, 7) is 1.92. The molecule has 1 atom stereocenters. The molecule has 1 heterocycles. The lowest BCUT2D eigenvalue weighted by Crippen LogP contribution is -2.22. The molecule has 0 radical (unpaired) electrons. The van der Waals surface area contributed by atoms with Crippen LogP contribution < -0.4 is 5.76 Å². The third-order valence-corrected chi connectivity index (χ3v) is 3.65. The standard InChI is InChI=1S/C17H15FN2O2/c1-12(14-5-3-2-4-6-14)20-16(19-22-17(20)21)11-13-7-9-15(18)10-8-13/h2-10,12H,11H2,1H3. The molecular formula is C17H15FN2O2. The molecule has 0 amide bonds. The van der Waals surface area contributed by atoms with Crippen LogP contribution in [0.1, 0.15) is 29.9 Å². The maximum Gasteiger partial charge on any atom is 0.442 e. The quantitative estimate of drug-likeness (QED) is 0.743. The van der Waals surface area contributed by atoms with Crippen molar-refractivity contribution in [2.45, 2.75) is 19.4 Å². The van der Waals surface area contributed by atoms with Gasteiger partial charge in [0.25, 0.3) is 0 Å². The first kappa shape index (κ1) is 14.3. The van der Waals surface area contributed by atoms with E-state index in [0.717, 1.165) is 11.1 Å². The minimum Gasteiger partial charge on any atom is -0.296 e. The van der Waals surface area contributed by atoms with Crippen LogP contribution in [0.5, 0.6) is 0 Å². The van der Waals surface area contributed by atoms with Gasteiger partial charge in [0.1, 0.15) is 5.82 Å². The Balaban J connectivity index is 1.94. The summed E-state index contributed by atoms with van der Waals surface area (Å²) in [5, 5.41) is 3.86. The summed E-state index contributed by atoms with van der Waals surface area (Å²) in [6, 6.07) is 15.6. The van der Waals surface area contributed by atoms with Crippen LogP contribution in [0.2, 0.25) is 0 Å². The van der Waals surface area contributed by atoms with Gasteiger partial charge in [-0.3, -0.25) is 9.09 Å². The smallest absolute Gasteiger partial charge is 0.296 e. The Morgan fingerprint density at radius 3 is 2.50 bits per heavy atom. The van der Waals surface area contributed by atoms with Crippen molar-refractivity contribution in [2.24, 2.45) is 0 Å². The van der Waals surface area contributed by atoms with Crippen LogP contribution >= 0.6 is 0 Å². The van der Waals surface area contributed by atoms with Crippen LogP contribution in [0.3, 0.4) is 0 Å². The van der Waals surface area contributed by atoms with Crippen LogP contribution in [0.15, 0.2) is 63.9 Å². The first-order valence-electron chi connectivity index (χ1n) is 7.01. The molecule has 0 bridgehead atoms. The van der Waals surface area contributed by atoms with Crippen molar-refractivity contribution < 1.29 is 8.91 Å². The number of halogens is 1. The van der Waals surface area contributed by atoms with Gasteiger partial charge < -0.3 is 0 Å². The largest absolute Gasteiger partial charge is 0.442 e. The van der Waals surface area contributed by atoms with Gasteiger partial charge in [0, 0.05) is 6.42 Å². The molecule has 1 aromatic heterocycles. The molecule has 0 saturated heterocycles. The van der Waals surface area contributed by atoms with Crippen molar-refractivity contribution in [3.63, 3.8) is 0 Å². The monoisotopic (exact) mass is 298 g/mol. The van der Waals surface area contributed by atoms with Crippen molar-refractivity contribution in [3.05, 3.63) is 87.9 Å². The third-order valence-electron chi connectivity index (χ3n) is 3.65. The zero-order valence-electron chi connectivity index (χ0n) is 12.1. The Kier molecular flexibility index (Phi) is 3.87. The molecule has 2 aromatic carbocycles. The van der Waals surface area contributed by atoms with Gasteiger partial charge in [-0.1, -0.05) is 47.6 Å². The van der Waals surface area contributed by atoms with Crippen molar-refractivity contribution in [3.8, 4) is 0 Å². The van der Waals surface area contributed by atoms with Crippen LogP contribution in [0, 0.1) is 5.82 Å². The van der Waals surface area contributed by atoms with E-state index < -0.39 is 5.76 Å². The molecule has 112 valence electrons. The summed E-state index contributed by atoms with van der Waals surface area (Å²) in [7, 11) is 0. The number of hydrogen-bond acceptors (Lipinski definition) is 3. The van der Waals surface area contributed by atoms with E-state index in [1.807, 2.05) is 37.3 Å². The summed E-state index contributed by atoms with van der Waals surface area (Å²) in [4.78, 5) is 12.0. The highest BCUT2D eigenvalue weighted by Crippen LogP contribution is 2.18. The molecule has 0 spiro atoms. The molecule has 3 aromatic rings. The van der Waals surface area contributed by atoms with Gasteiger partial charge >= 0.3 is 5.76 Å². The van der Waals surface area contributed by atoms with E-state index >= 15 is 0 Å². The molecule has 0 N–H and O–H groups in total. The van der Waals surface area contributed by atoms with Gasteiger partial charge in [0.2, 0.25) is 0 Å². The Bertz CT molecular complexity index is 807. The maximum absolute atomic E-state index is 13.0. The molecule has 22 heavy (non-hydrogen) atoms. The van der Waals surface area contributed by atoms with Crippen LogP contribution in [-0.4, -0.2) is 9.72 Å². The van der Waals surface area contributed by atoms with Crippen LogP contribution in [-0.2, 0) is 6.42 Å². The van der Waals surface area contributed by atoms with Crippen molar-refractivity contribution in [1.82, 2.24) is 9.72 Å². The SMILES string of the molecule is CC(c1ccccc1)n1c(Cc2ccc(F)cc2)noc1=O. The second kappa shape index (κ2) is 5.97. The Labute approximate surface area is 126 Å². The van der Waals surface area contributed by atoms with E-state index in [9.17, 15) is 9.18 Å². The van der Waals surface area contributed by atoms with E-state index in [0.29, 0.717) is 12.2 Å². The number of hydrogen-bond donors (Lipinski definition) is 0. The number of aromatic nitrogens is 2. The summed E-state index contributed by atoms with van der Waals surface area (Å²) < 4.78 is 19.3. The topological polar surface area (TPSA) is 48.0 Å². The Morgan fingerprint density at radius 1 is 1.14 bits per heavy atom. The Morgan fingerprint density at radius 2 is 1.82 bits per heavy atom. The van der Waals surface area contributed by atoms with Gasteiger partial charge in [-0.2, -0.15) is 0 Å². The number of benzene rings is 2. The molecule has 5 heteroatoms. The van der Waals surface area contributed by atoms with Gasteiger partial charge in [-0.15, -0.1) is 0 Å². The Hall–Kier alpha value is -2.69. The minimum atomic E-state index is -0.492. The molecule has 0 aliphatic heterocycles. The van der Waals surface area contributed by atoms with Gasteiger partial charge in [-0.25, -0.2) is 9.18 Å². The van der Waals surface area contributed by atoms with Gasteiger partial charge in [-0.05, 0) is 30.2 Å². The average Bonchev–Trinajstić information content (AvgIpc) is 2.90. The molecule has 3 rings (SSSR count). The third kappa shape index (κ3) is 2.83. The number of rotatable bonds is 4. The molecule has 0 saturated carbocycles. The minimum absolute atomic E-state index is 0.185. The second-order valence-electron chi connectivity index (χ2n) is 5.12. The van der Waals surface area contributed by atoms with Crippen LogP contribution in [0.4, 0.5) is 4.39 Å². The highest BCUT2D eigenvalue weighted by atomic mass is 19.1. The second-order valence-corrected chi connectivity index (χ2v) is 5.12. The fraction of sp³-hybridized carbons (Fsp3) is 0.176.